The number of nitrogen functional groups attached to an aromatic ring is 1. The van der Waals surface area contributed by atoms with Gasteiger partial charge in [0.05, 0.1) is 12.9 Å². The molecule has 14 nitrogen and oxygen atoms in total. The number of nitrogens with zero attached hydrogens (tertiary/aromatic N) is 4. The number of rotatable bonds is 9. The number of aliphatic hydroxyl groups is 2. The number of amides is 3. The summed E-state index contributed by atoms with van der Waals surface area (Å²) in [5.41, 5.74) is 11.2. The maximum absolute atomic E-state index is 12.7. The molecule has 224 valence electrons. The molecular formula is C29H32N8O6. The molecule has 1 fully saturated rings. The maximum atomic E-state index is 12.7. The van der Waals surface area contributed by atoms with Crippen molar-refractivity contribution in [2.45, 2.75) is 36.8 Å². The second kappa shape index (κ2) is 12.2. The van der Waals surface area contributed by atoms with Crippen LogP contribution >= 0.6 is 0 Å². The molecule has 2 aromatic heterocycles. The number of imidazole rings is 1. The number of anilines is 1. The molecule has 0 bridgehead atoms. The van der Waals surface area contributed by atoms with Crippen LogP contribution in [0.15, 0.2) is 61.2 Å². The van der Waals surface area contributed by atoms with Crippen molar-refractivity contribution in [1.82, 2.24) is 35.5 Å². The van der Waals surface area contributed by atoms with Crippen LogP contribution < -0.4 is 21.7 Å². The number of aromatic nitrogens is 4. The molecule has 43 heavy (non-hydrogen) atoms. The lowest BCUT2D eigenvalue weighted by Crippen LogP contribution is -2.50. The molecular weight excluding hydrogens is 556 g/mol. The number of fused-ring (bicyclic) bond motifs is 4. The first-order valence-electron chi connectivity index (χ1n) is 14.0. The lowest BCUT2D eigenvalue weighted by Gasteiger charge is -2.23. The highest BCUT2D eigenvalue weighted by molar-refractivity contribution is 5.81. The molecule has 3 heterocycles. The number of ether oxygens (including phenoxy) is 2. The summed E-state index contributed by atoms with van der Waals surface area (Å²) in [5.74, 6) is 0.146. The lowest BCUT2D eigenvalue weighted by molar-refractivity contribution is -0.0439. The van der Waals surface area contributed by atoms with E-state index in [1.165, 1.54) is 17.2 Å². The highest BCUT2D eigenvalue weighted by atomic mass is 16.6. The van der Waals surface area contributed by atoms with Crippen LogP contribution in [-0.2, 0) is 9.47 Å². The van der Waals surface area contributed by atoms with Gasteiger partial charge < -0.3 is 41.4 Å². The van der Waals surface area contributed by atoms with E-state index in [-0.39, 0.29) is 31.4 Å². The van der Waals surface area contributed by atoms with Crippen LogP contribution in [0, 0.1) is 0 Å². The van der Waals surface area contributed by atoms with Crippen molar-refractivity contribution >= 4 is 29.1 Å². The Labute approximate surface area is 246 Å². The molecule has 0 saturated carbocycles. The largest absolute Gasteiger partial charge is 0.449 e. The second-order valence-corrected chi connectivity index (χ2v) is 10.4. The summed E-state index contributed by atoms with van der Waals surface area (Å²) >= 11 is 0. The summed E-state index contributed by atoms with van der Waals surface area (Å²) in [6.07, 6.45) is -0.446. The molecule has 1 saturated heterocycles. The minimum atomic E-state index is -1.20. The number of carbonyl (C=O) groups excluding carboxylic acids is 2. The van der Waals surface area contributed by atoms with Crippen LogP contribution in [0.3, 0.4) is 0 Å². The van der Waals surface area contributed by atoms with Crippen LogP contribution in [0.1, 0.15) is 29.7 Å². The Balaban J connectivity index is 0.967. The average Bonchev–Trinajstić information content (AvgIpc) is 3.68. The van der Waals surface area contributed by atoms with E-state index in [9.17, 15) is 19.8 Å². The molecule has 2 aliphatic rings. The fourth-order valence-electron chi connectivity index (χ4n) is 5.68. The minimum Gasteiger partial charge on any atom is -0.449 e. The molecule has 0 unspecified atom stereocenters. The van der Waals surface area contributed by atoms with Gasteiger partial charge >= 0.3 is 12.1 Å². The number of carbonyl (C=O) groups is 2. The average molecular weight is 589 g/mol. The number of benzene rings is 2. The van der Waals surface area contributed by atoms with Crippen molar-refractivity contribution in [1.29, 1.82) is 0 Å². The van der Waals surface area contributed by atoms with Crippen LogP contribution in [0.2, 0.25) is 0 Å². The Hall–Kier alpha value is -4.79. The molecule has 14 heteroatoms. The Morgan fingerprint density at radius 3 is 2.42 bits per heavy atom. The molecule has 0 radical (unpaired) electrons. The van der Waals surface area contributed by atoms with Crippen LogP contribution in [-0.4, -0.2) is 86.4 Å². The van der Waals surface area contributed by atoms with Gasteiger partial charge in [0, 0.05) is 19.0 Å². The summed E-state index contributed by atoms with van der Waals surface area (Å²) in [5, 5.41) is 28.5. The van der Waals surface area contributed by atoms with Gasteiger partial charge in [-0.15, -0.1) is 0 Å². The van der Waals surface area contributed by atoms with Gasteiger partial charge in [0.1, 0.15) is 36.7 Å². The monoisotopic (exact) mass is 588 g/mol. The van der Waals surface area contributed by atoms with E-state index >= 15 is 0 Å². The Bertz CT molecular complexity index is 1580. The molecule has 4 aromatic rings. The summed E-state index contributed by atoms with van der Waals surface area (Å²) < 4.78 is 12.9. The Kier molecular flexibility index (Phi) is 8.05. The zero-order chi connectivity index (χ0) is 29.9. The van der Waals surface area contributed by atoms with Crippen molar-refractivity contribution in [3.8, 4) is 11.1 Å². The topological polar surface area (TPSA) is 199 Å². The van der Waals surface area contributed by atoms with E-state index in [1.807, 2.05) is 24.3 Å². The number of urea groups is 1. The number of hydrogen-bond acceptors (Lipinski definition) is 10. The summed E-state index contributed by atoms with van der Waals surface area (Å²) in [4.78, 5) is 37.4. The third-order valence-electron chi connectivity index (χ3n) is 7.76. The van der Waals surface area contributed by atoms with Crippen molar-refractivity contribution in [3.63, 3.8) is 0 Å². The first kappa shape index (κ1) is 28.3. The number of alkyl carbamates (subject to hydrolysis) is 1. The van der Waals surface area contributed by atoms with E-state index in [0.29, 0.717) is 17.6 Å². The Morgan fingerprint density at radius 2 is 1.70 bits per heavy atom. The van der Waals surface area contributed by atoms with Crippen molar-refractivity contribution in [2.75, 3.05) is 32.0 Å². The molecule has 0 spiro atoms. The molecule has 3 amide bonds. The van der Waals surface area contributed by atoms with E-state index in [2.05, 4.69) is 55.2 Å². The number of aliphatic hydroxyl groups excluding tert-OH is 2. The van der Waals surface area contributed by atoms with Gasteiger partial charge in [0.2, 0.25) is 0 Å². The van der Waals surface area contributed by atoms with Gasteiger partial charge in [0.15, 0.2) is 17.7 Å². The SMILES string of the molecule is Nc1ncnc2c1ncn2[C@@H]1O[C@H](CO)[C@@H](O)[C@H]1NC(=O)NCCCNC(=O)OCC1c2ccccc2-c2ccccc21. The summed E-state index contributed by atoms with van der Waals surface area (Å²) in [6, 6.07) is 14.8. The van der Waals surface area contributed by atoms with E-state index in [1.54, 1.807) is 0 Å². The third-order valence-corrected chi connectivity index (χ3v) is 7.76. The van der Waals surface area contributed by atoms with Gasteiger partial charge in [-0.2, -0.15) is 0 Å². The zero-order valence-electron chi connectivity index (χ0n) is 23.1. The van der Waals surface area contributed by atoms with E-state index in [0.717, 1.165) is 22.3 Å². The van der Waals surface area contributed by atoms with Gasteiger partial charge in [-0.3, -0.25) is 4.57 Å². The van der Waals surface area contributed by atoms with Crippen LogP contribution in [0.4, 0.5) is 15.4 Å². The van der Waals surface area contributed by atoms with E-state index < -0.39 is 43.2 Å². The first-order chi connectivity index (χ1) is 21.0. The zero-order valence-corrected chi connectivity index (χ0v) is 23.1. The normalized spacial score (nSPS) is 20.9. The highest BCUT2D eigenvalue weighted by Crippen LogP contribution is 2.44. The predicted molar refractivity (Wildman–Crippen MR) is 155 cm³/mol. The van der Waals surface area contributed by atoms with Gasteiger partial charge in [-0.1, -0.05) is 48.5 Å². The molecule has 1 aliphatic carbocycles. The molecule has 6 rings (SSSR count). The summed E-state index contributed by atoms with van der Waals surface area (Å²) in [7, 11) is 0. The Morgan fingerprint density at radius 1 is 1.00 bits per heavy atom. The summed E-state index contributed by atoms with van der Waals surface area (Å²) in [6.45, 7) is 0.282. The standard InChI is InChI=1S/C29H32N8O6/c30-25-23-26(34-14-33-25)37(15-35-23)27-22(24(39)21(12-38)43-27)36-28(40)31-10-5-11-32-29(41)42-13-20-18-8-3-1-6-16(18)17-7-2-4-9-19(17)20/h1-4,6-9,14-15,20-22,24,27,38-39H,5,10-13H2,(H,32,41)(H2,30,33,34)(H2,31,36,40)/t21-,22-,24-,27-/m1/s1. The minimum absolute atomic E-state index is 0.0298. The molecule has 1 aliphatic heterocycles. The highest BCUT2D eigenvalue weighted by Gasteiger charge is 2.46. The quantitative estimate of drug-likeness (QED) is 0.155. The molecule has 4 atom stereocenters. The lowest BCUT2D eigenvalue weighted by atomic mass is 9.98. The number of nitrogens with one attached hydrogen (secondary N) is 3. The van der Waals surface area contributed by atoms with Gasteiger partial charge in [-0.25, -0.2) is 24.5 Å². The fraction of sp³-hybridized carbons (Fsp3) is 0.345. The fourth-order valence-corrected chi connectivity index (χ4v) is 5.68. The van der Waals surface area contributed by atoms with Crippen molar-refractivity contribution < 1.29 is 29.3 Å². The predicted octanol–water partition coefficient (Wildman–Crippen LogP) is 1.26. The smallest absolute Gasteiger partial charge is 0.407 e. The third kappa shape index (κ3) is 5.55. The van der Waals surface area contributed by atoms with Crippen LogP contribution in [0.25, 0.3) is 22.3 Å². The second-order valence-electron chi connectivity index (χ2n) is 10.4. The van der Waals surface area contributed by atoms with Gasteiger partial charge in [0.25, 0.3) is 0 Å². The molecule has 7 N–H and O–H groups in total. The number of nitrogens with two attached hydrogens (primary N) is 1. The molecule has 2 aromatic carbocycles. The van der Waals surface area contributed by atoms with E-state index in [4.69, 9.17) is 15.2 Å². The van der Waals surface area contributed by atoms with Crippen LogP contribution in [0.5, 0.6) is 0 Å². The first-order valence-corrected chi connectivity index (χ1v) is 14.0. The number of hydrogen-bond donors (Lipinski definition) is 6. The maximum Gasteiger partial charge on any atom is 0.407 e. The van der Waals surface area contributed by atoms with Gasteiger partial charge in [-0.05, 0) is 28.7 Å². The van der Waals surface area contributed by atoms with Crippen molar-refractivity contribution in [3.05, 3.63) is 72.3 Å². The van der Waals surface area contributed by atoms with Crippen molar-refractivity contribution in [2.24, 2.45) is 0 Å².